The average Bonchev–Trinajstić information content (AvgIpc) is 2.56. The fourth-order valence-electron chi connectivity index (χ4n) is 1.50. The van der Waals surface area contributed by atoms with Crippen LogP contribution in [-0.2, 0) is 0 Å². The number of piperidine rings is 1. The second-order valence-corrected chi connectivity index (χ2v) is 3.93. The number of aliphatic hydroxyl groups is 1. The summed E-state index contributed by atoms with van der Waals surface area (Å²) in [6.07, 6.45) is 3.64. The van der Waals surface area contributed by atoms with Gasteiger partial charge in [0.15, 0.2) is 5.13 Å². The second kappa shape index (κ2) is 3.41. The number of hydrogen-bond acceptors (Lipinski definition) is 4. The van der Waals surface area contributed by atoms with Gasteiger partial charge < -0.3 is 10.0 Å². The molecule has 1 atom stereocenters. The van der Waals surface area contributed by atoms with E-state index in [1.54, 1.807) is 17.5 Å². The van der Waals surface area contributed by atoms with Crippen LogP contribution in [0.3, 0.4) is 0 Å². The van der Waals surface area contributed by atoms with Gasteiger partial charge in [-0.15, -0.1) is 11.3 Å². The van der Waals surface area contributed by atoms with Crippen LogP contribution in [0.25, 0.3) is 0 Å². The molecule has 1 fully saturated rings. The summed E-state index contributed by atoms with van der Waals surface area (Å²) >= 11 is 1.64. The zero-order valence-corrected chi connectivity index (χ0v) is 7.63. The first-order valence-corrected chi connectivity index (χ1v) is 5.07. The maximum Gasteiger partial charge on any atom is 0.185 e. The minimum atomic E-state index is -0.164. The Morgan fingerprint density at radius 2 is 2.58 bits per heavy atom. The Labute approximate surface area is 75.7 Å². The molecule has 1 saturated heterocycles. The van der Waals surface area contributed by atoms with Gasteiger partial charge in [-0.25, -0.2) is 4.98 Å². The van der Waals surface area contributed by atoms with Crippen molar-refractivity contribution in [2.45, 2.75) is 18.9 Å². The topological polar surface area (TPSA) is 36.4 Å². The molecule has 0 amide bonds. The number of aliphatic hydroxyl groups excluding tert-OH is 1. The van der Waals surface area contributed by atoms with Crippen molar-refractivity contribution in [3.63, 3.8) is 0 Å². The third-order valence-electron chi connectivity index (χ3n) is 2.09. The molecule has 2 heterocycles. The van der Waals surface area contributed by atoms with Gasteiger partial charge in [0.05, 0.1) is 6.10 Å². The first kappa shape index (κ1) is 8.01. The minimum absolute atomic E-state index is 0.164. The summed E-state index contributed by atoms with van der Waals surface area (Å²) < 4.78 is 0. The van der Waals surface area contributed by atoms with Gasteiger partial charge in [-0.05, 0) is 12.8 Å². The molecule has 1 N–H and O–H groups in total. The Bertz CT molecular complexity index is 237. The highest BCUT2D eigenvalue weighted by Gasteiger charge is 2.18. The van der Waals surface area contributed by atoms with Crippen molar-refractivity contribution in [3.05, 3.63) is 11.6 Å². The van der Waals surface area contributed by atoms with Crippen LogP contribution in [0, 0.1) is 0 Å². The predicted octanol–water partition coefficient (Wildman–Crippen LogP) is 1.10. The van der Waals surface area contributed by atoms with Crippen molar-refractivity contribution in [2.75, 3.05) is 18.0 Å². The van der Waals surface area contributed by atoms with Crippen molar-refractivity contribution < 1.29 is 5.11 Å². The number of anilines is 1. The monoisotopic (exact) mass is 184 g/mol. The second-order valence-electron chi connectivity index (χ2n) is 3.06. The molecule has 0 spiro atoms. The first-order chi connectivity index (χ1) is 5.86. The number of nitrogens with zero attached hydrogens (tertiary/aromatic N) is 2. The lowest BCUT2D eigenvalue weighted by Crippen LogP contribution is -2.38. The predicted molar refractivity (Wildman–Crippen MR) is 49.6 cm³/mol. The normalized spacial score (nSPS) is 24.4. The van der Waals surface area contributed by atoms with Crippen LogP contribution in [0.5, 0.6) is 0 Å². The summed E-state index contributed by atoms with van der Waals surface area (Å²) in [5.74, 6) is 0. The van der Waals surface area contributed by atoms with E-state index < -0.39 is 0 Å². The minimum Gasteiger partial charge on any atom is -0.391 e. The summed E-state index contributed by atoms with van der Waals surface area (Å²) in [7, 11) is 0. The molecule has 66 valence electrons. The molecular formula is C8H12N2OS. The highest BCUT2D eigenvalue weighted by Crippen LogP contribution is 2.21. The van der Waals surface area contributed by atoms with E-state index in [1.807, 2.05) is 5.38 Å². The largest absolute Gasteiger partial charge is 0.391 e. The molecule has 0 unspecified atom stereocenters. The molecule has 1 aromatic heterocycles. The molecule has 4 heteroatoms. The van der Waals surface area contributed by atoms with Crippen LogP contribution < -0.4 is 4.90 Å². The van der Waals surface area contributed by atoms with Crippen LogP contribution in [0.4, 0.5) is 5.13 Å². The Morgan fingerprint density at radius 1 is 1.67 bits per heavy atom. The summed E-state index contributed by atoms with van der Waals surface area (Å²) in [4.78, 5) is 6.36. The number of hydrogen-bond donors (Lipinski definition) is 1. The van der Waals surface area contributed by atoms with Gasteiger partial charge in [0.25, 0.3) is 0 Å². The molecule has 1 aromatic rings. The van der Waals surface area contributed by atoms with Gasteiger partial charge in [0.1, 0.15) is 0 Å². The van der Waals surface area contributed by atoms with E-state index in [9.17, 15) is 5.11 Å². The van der Waals surface area contributed by atoms with Crippen LogP contribution >= 0.6 is 11.3 Å². The molecule has 2 rings (SSSR count). The highest BCUT2D eigenvalue weighted by molar-refractivity contribution is 7.13. The zero-order chi connectivity index (χ0) is 8.39. The van der Waals surface area contributed by atoms with Crippen molar-refractivity contribution in [2.24, 2.45) is 0 Å². The third kappa shape index (κ3) is 1.59. The molecule has 0 aliphatic carbocycles. The maximum atomic E-state index is 9.41. The molecule has 0 aromatic carbocycles. The van der Waals surface area contributed by atoms with Crippen molar-refractivity contribution in [3.8, 4) is 0 Å². The molecule has 0 bridgehead atoms. The van der Waals surface area contributed by atoms with Gasteiger partial charge in [0.2, 0.25) is 0 Å². The zero-order valence-electron chi connectivity index (χ0n) is 6.81. The van der Waals surface area contributed by atoms with Crippen LogP contribution in [-0.4, -0.2) is 29.3 Å². The Morgan fingerprint density at radius 3 is 3.25 bits per heavy atom. The van der Waals surface area contributed by atoms with Crippen molar-refractivity contribution in [1.82, 2.24) is 4.98 Å². The molecule has 1 aliphatic rings. The summed E-state index contributed by atoms with van der Waals surface area (Å²) in [6, 6.07) is 0. The van der Waals surface area contributed by atoms with Gasteiger partial charge >= 0.3 is 0 Å². The van der Waals surface area contributed by atoms with E-state index >= 15 is 0 Å². The fraction of sp³-hybridized carbons (Fsp3) is 0.625. The lowest BCUT2D eigenvalue weighted by atomic mass is 10.1. The first-order valence-electron chi connectivity index (χ1n) is 4.19. The van der Waals surface area contributed by atoms with Gasteiger partial charge in [-0.3, -0.25) is 0 Å². The molecule has 0 radical (unpaired) electrons. The van der Waals surface area contributed by atoms with Gasteiger partial charge in [-0.2, -0.15) is 0 Å². The summed E-state index contributed by atoms with van der Waals surface area (Å²) in [6.45, 7) is 1.78. The third-order valence-corrected chi connectivity index (χ3v) is 2.92. The van der Waals surface area contributed by atoms with E-state index in [1.165, 1.54) is 0 Å². The van der Waals surface area contributed by atoms with E-state index in [0.717, 1.165) is 31.1 Å². The average molecular weight is 184 g/mol. The Hall–Kier alpha value is -0.610. The molecular weight excluding hydrogens is 172 g/mol. The number of aromatic nitrogens is 1. The summed E-state index contributed by atoms with van der Waals surface area (Å²) in [5, 5.41) is 12.4. The maximum absolute atomic E-state index is 9.41. The van der Waals surface area contributed by atoms with Crippen LogP contribution in [0.2, 0.25) is 0 Å². The molecule has 0 saturated carbocycles. The van der Waals surface area contributed by atoms with Crippen LogP contribution in [0.15, 0.2) is 11.6 Å². The summed E-state index contributed by atoms with van der Waals surface area (Å²) in [5.41, 5.74) is 0. The van der Waals surface area contributed by atoms with Crippen LogP contribution in [0.1, 0.15) is 12.8 Å². The van der Waals surface area contributed by atoms with Gasteiger partial charge in [-0.1, -0.05) is 0 Å². The molecule has 3 nitrogen and oxygen atoms in total. The lowest BCUT2D eigenvalue weighted by Gasteiger charge is -2.29. The van der Waals surface area contributed by atoms with E-state index in [2.05, 4.69) is 9.88 Å². The quantitative estimate of drug-likeness (QED) is 0.710. The van der Waals surface area contributed by atoms with E-state index in [-0.39, 0.29) is 6.10 Å². The van der Waals surface area contributed by atoms with E-state index in [0.29, 0.717) is 0 Å². The lowest BCUT2D eigenvalue weighted by molar-refractivity contribution is 0.154. The van der Waals surface area contributed by atoms with Gasteiger partial charge in [0, 0.05) is 24.7 Å². The van der Waals surface area contributed by atoms with E-state index in [4.69, 9.17) is 0 Å². The fourth-order valence-corrected chi connectivity index (χ4v) is 2.18. The van der Waals surface area contributed by atoms with Crippen molar-refractivity contribution in [1.29, 1.82) is 0 Å². The standard InChI is InChI=1S/C8H12N2OS/c11-7-2-1-4-10(6-7)8-9-3-5-12-8/h3,5,7,11H,1-2,4,6H2/t7-/m0/s1. The number of rotatable bonds is 1. The highest BCUT2D eigenvalue weighted by atomic mass is 32.1. The SMILES string of the molecule is O[C@H]1CCCN(c2nccs2)C1. The Balaban J connectivity index is 2.04. The molecule has 1 aliphatic heterocycles. The number of β-amino-alcohol motifs (C(OH)–C–C–N with tert-alkyl or cyclic N) is 1. The number of thiazole rings is 1. The van der Waals surface area contributed by atoms with Crippen molar-refractivity contribution >= 4 is 16.5 Å². The smallest absolute Gasteiger partial charge is 0.185 e. The molecule has 12 heavy (non-hydrogen) atoms. The Kier molecular flexibility index (Phi) is 2.28.